The van der Waals surface area contributed by atoms with E-state index < -0.39 is 0 Å². The van der Waals surface area contributed by atoms with Gasteiger partial charge >= 0.3 is 6.03 Å². The van der Waals surface area contributed by atoms with Crippen molar-refractivity contribution in [1.29, 1.82) is 0 Å². The van der Waals surface area contributed by atoms with E-state index in [1.807, 2.05) is 0 Å². The second-order valence-corrected chi connectivity index (χ2v) is 8.52. The molecular weight excluding hydrogens is 316 g/mol. The average molecular weight is 348 g/mol. The molecule has 0 aromatic rings. The monoisotopic (exact) mass is 348 g/mol. The molecule has 4 fully saturated rings. The minimum absolute atomic E-state index is 0.0104. The molecular formula is C19H32N4O2. The number of hydrogen-bond acceptors (Lipinski definition) is 3. The third-order valence-electron chi connectivity index (χ3n) is 6.43. The molecule has 0 unspecified atom stereocenters. The number of piperidine rings is 1. The van der Waals surface area contributed by atoms with Crippen LogP contribution in [0.3, 0.4) is 0 Å². The number of fused-ring (bicyclic) bond motifs is 2. The molecule has 0 spiro atoms. The maximum absolute atomic E-state index is 12.3. The third kappa shape index (κ3) is 4.46. The number of nitrogens with zero attached hydrogens (tertiary/aromatic N) is 1. The van der Waals surface area contributed by atoms with Crippen molar-refractivity contribution in [2.75, 3.05) is 6.54 Å². The molecule has 2 saturated carbocycles. The highest BCUT2D eigenvalue weighted by Crippen LogP contribution is 2.35. The fraction of sp³-hybridized carbons (Fsp3) is 0.895. The van der Waals surface area contributed by atoms with Gasteiger partial charge in [-0.05, 0) is 51.4 Å². The zero-order valence-electron chi connectivity index (χ0n) is 15.1. The van der Waals surface area contributed by atoms with Crippen molar-refractivity contribution in [2.45, 2.75) is 101 Å². The molecule has 140 valence electrons. The van der Waals surface area contributed by atoms with Crippen LogP contribution in [-0.4, -0.2) is 53.6 Å². The quantitative estimate of drug-likeness (QED) is 0.710. The van der Waals surface area contributed by atoms with Gasteiger partial charge in [0.2, 0.25) is 5.91 Å². The standard InChI is InChI=1S/C19H32N4O2/c24-18(20-14-6-7-14)12-23-16-8-9-17(23)11-15(10-16)22-19(25)21-13-4-2-1-3-5-13/h13-17H,1-12H2,(H,20,24)(H2,21,22,25)/t16-,17-/m1/s1. The third-order valence-corrected chi connectivity index (χ3v) is 6.43. The molecule has 0 aromatic carbocycles. The Bertz CT molecular complexity index is 488. The van der Waals surface area contributed by atoms with Crippen LogP contribution in [0.2, 0.25) is 0 Å². The molecule has 3 N–H and O–H groups in total. The summed E-state index contributed by atoms with van der Waals surface area (Å²) in [5.74, 6) is 0.181. The maximum Gasteiger partial charge on any atom is 0.315 e. The van der Waals surface area contributed by atoms with Gasteiger partial charge in [-0.25, -0.2) is 4.79 Å². The Hall–Kier alpha value is -1.30. The molecule has 3 amide bonds. The van der Waals surface area contributed by atoms with Gasteiger partial charge in [0, 0.05) is 30.2 Å². The molecule has 6 nitrogen and oxygen atoms in total. The molecule has 25 heavy (non-hydrogen) atoms. The number of carbonyl (C=O) groups excluding carboxylic acids is 2. The van der Waals surface area contributed by atoms with Crippen molar-refractivity contribution in [3.05, 3.63) is 0 Å². The van der Waals surface area contributed by atoms with Crippen LogP contribution in [0, 0.1) is 0 Å². The molecule has 0 radical (unpaired) electrons. The fourth-order valence-corrected chi connectivity index (χ4v) is 4.98. The minimum atomic E-state index is 0.0104. The molecule has 6 heteroatoms. The van der Waals surface area contributed by atoms with E-state index in [-0.39, 0.29) is 18.0 Å². The van der Waals surface area contributed by atoms with E-state index in [0.29, 0.717) is 30.7 Å². The normalized spacial score (nSPS) is 33.0. The van der Waals surface area contributed by atoms with Gasteiger partial charge in [0.25, 0.3) is 0 Å². The van der Waals surface area contributed by atoms with E-state index in [0.717, 1.165) is 51.4 Å². The minimum Gasteiger partial charge on any atom is -0.352 e. The Morgan fingerprint density at radius 3 is 1.96 bits per heavy atom. The Labute approximate surface area is 150 Å². The highest BCUT2D eigenvalue weighted by atomic mass is 16.2. The lowest BCUT2D eigenvalue weighted by Gasteiger charge is -2.39. The van der Waals surface area contributed by atoms with Crippen LogP contribution in [0.5, 0.6) is 0 Å². The number of amides is 3. The van der Waals surface area contributed by atoms with E-state index in [1.165, 1.54) is 19.3 Å². The number of urea groups is 1. The van der Waals surface area contributed by atoms with Crippen LogP contribution in [-0.2, 0) is 4.79 Å². The zero-order valence-corrected chi connectivity index (χ0v) is 15.1. The summed E-state index contributed by atoms with van der Waals surface area (Å²) in [4.78, 5) is 26.8. The first-order valence-electron chi connectivity index (χ1n) is 10.3. The van der Waals surface area contributed by atoms with Gasteiger partial charge in [-0.1, -0.05) is 19.3 Å². The van der Waals surface area contributed by atoms with Crippen LogP contribution >= 0.6 is 0 Å². The van der Waals surface area contributed by atoms with Crippen molar-refractivity contribution in [2.24, 2.45) is 0 Å². The Balaban J connectivity index is 1.23. The number of nitrogens with one attached hydrogen (secondary N) is 3. The van der Waals surface area contributed by atoms with E-state index >= 15 is 0 Å². The largest absolute Gasteiger partial charge is 0.352 e. The Morgan fingerprint density at radius 2 is 1.32 bits per heavy atom. The van der Waals surface area contributed by atoms with Gasteiger partial charge in [0.05, 0.1) is 6.54 Å². The van der Waals surface area contributed by atoms with Gasteiger partial charge in [0.1, 0.15) is 0 Å². The van der Waals surface area contributed by atoms with Crippen LogP contribution in [0.4, 0.5) is 4.79 Å². The molecule has 2 bridgehead atoms. The van der Waals surface area contributed by atoms with Crippen LogP contribution in [0.25, 0.3) is 0 Å². The highest BCUT2D eigenvalue weighted by Gasteiger charge is 2.42. The Morgan fingerprint density at radius 1 is 0.720 bits per heavy atom. The lowest BCUT2D eigenvalue weighted by Crippen LogP contribution is -2.55. The topological polar surface area (TPSA) is 73.5 Å². The summed E-state index contributed by atoms with van der Waals surface area (Å²) in [6.45, 7) is 0.535. The number of carbonyl (C=O) groups is 2. The van der Waals surface area contributed by atoms with Crippen LogP contribution in [0.15, 0.2) is 0 Å². The number of hydrogen-bond donors (Lipinski definition) is 3. The zero-order chi connectivity index (χ0) is 17.2. The number of rotatable bonds is 5. The first-order valence-corrected chi connectivity index (χ1v) is 10.3. The van der Waals surface area contributed by atoms with Gasteiger partial charge < -0.3 is 16.0 Å². The Kier molecular flexibility index (Phi) is 5.15. The molecule has 4 rings (SSSR count). The van der Waals surface area contributed by atoms with Gasteiger partial charge in [0.15, 0.2) is 0 Å². The van der Waals surface area contributed by atoms with E-state index in [2.05, 4.69) is 20.9 Å². The van der Waals surface area contributed by atoms with E-state index in [9.17, 15) is 9.59 Å². The van der Waals surface area contributed by atoms with Gasteiger partial charge in [-0.2, -0.15) is 0 Å². The average Bonchev–Trinajstić information content (AvgIpc) is 3.35. The van der Waals surface area contributed by atoms with Crippen molar-refractivity contribution < 1.29 is 9.59 Å². The van der Waals surface area contributed by atoms with E-state index in [1.54, 1.807) is 0 Å². The molecule has 2 aliphatic carbocycles. The molecule has 0 aromatic heterocycles. The first-order chi connectivity index (χ1) is 12.2. The summed E-state index contributed by atoms with van der Waals surface area (Å²) in [6.07, 6.45) is 12.6. The van der Waals surface area contributed by atoms with Crippen molar-refractivity contribution in [3.8, 4) is 0 Å². The second kappa shape index (κ2) is 7.52. The summed E-state index contributed by atoms with van der Waals surface area (Å²) >= 11 is 0. The smallest absolute Gasteiger partial charge is 0.315 e. The summed E-state index contributed by atoms with van der Waals surface area (Å²) < 4.78 is 0. The fourth-order valence-electron chi connectivity index (χ4n) is 4.98. The predicted molar refractivity (Wildman–Crippen MR) is 96.2 cm³/mol. The maximum atomic E-state index is 12.3. The first kappa shape index (κ1) is 17.1. The van der Waals surface area contributed by atoms with Gasteiger partial charge in [-0.3, -0.25) is 9.69 Å². The predicted octanol–water partition coefficient (Wildman–Crippen LogP) is 1.89. The van der Waals surface area contributed by atoms with Crippen molar-refractivity contribution >= 4 is 11.9 Å². The summed E-state index contributed by atoms with van der Waals surface area (Å²) in [6, 6.07) is 1.96. The molecule has 2 atom stereocenters. The van der Waals surface area contributed by atoms with Crippen LogP contribution < -0.4 is 16.0 Å². The molecule has 4 aliphatic rings. The van der Waals surface area contributed by atoms with Crippen LogP contribution in [0.1, 0.15) is 70.6 Å². The molecule has 2 saturated heterocycles. The van der Waals surface area contributed by atoms with E-state index in [4.69, 9.17) is 0 Å². The van der Waals surface area contributed by atoms with Gasteiger partial charge in [-0.15, -0.1) is 0 Å². The van der Waals surface area contributed by atoms with Crippen molar-refractivity contribution in [1.82, 2.24) is 20.9 Å². The highest BCUT2D eigenvalue weighted by molar-refractivity contribution is 5.79. The molecule has 2 heterocycles. The summed E-state index contributed by atoms with van der Waals surface area (Å²) in [5, 5.41) is 9.46. The lowest BCUT2D eigenvalue weighted by molar-refractivity contribution is -0.123. The summed E-state index contributed by atoms with van der Waals surface area (Å²) in [7, 11) is 0. The molecule has 2 aliphatic heterocycles. The second-order valence-electron chi connectivity index (χ2n) is 8.52. The lowest BCUT2D eigenvalue weighted by atomic mass is 9.95. The summed E-state index contributed by atoms with van der Waals surface area (Å²) in [5.41, 5.74) is 0. The SMILES string of the molecule is O=C(CN1[C@@H]2CC[C@@H]1CC(NC(=O)NC1CCCCC1)C2)NC1CC1. The van der Waals surface area contributed by atoms with Crippen molar-refractivity contribution in [3.63, 3.8) is 0 Å².